The Bertz CT molecular complexity index is 486. The van der Waals surface area contributed by atoms with E-state index in [0.29, 0.717) is 5.71 Å². The van der Waals surface area contributed by atoms with Gasteiger partial charge in [-0.1, -0.05) is 48.6 Å². The first-order chi connectivity index (χ1) is 8.24. The largest absolute Gasteiger partial charge is 0.361 e. The monoisotopic (exact) mass is 262 g/mol. The molecule has 1 aromatic rings. The van der Waals surface area contributed by atoms with Crippen LogP contribution >= 0.6 is 12.4 Å². The zero-order chi connectivity index (χ0) is 12.5. The molecule has 2 rings (SSSR count). The molecule has 1 aliphatic carbocycles. The normalized spacial score (nSPS) is 11.7. The molecule has 0 amide bonds. The van der Waals surface area contributed by atoms with Gasteiger partial charge in [0.1, 0.15) is 0 Å². The summed E-state index contributed by atoms with van der Waals surface area (Å²) in [4.78, 5) is 13.7. The minimum Gasteiger partial charge on any atom is -0.361 e. The van der Waals surface area contributed by atoms with Gasteiger partial charge in [0.15, 0.2) is 5.78 Å². The fraction of sp³-hybridized carbons (Fsp3) is 0.143. The van der Waals surface area contributed by atoms with Gasteiger partial charge in [0.05, 0.1) is 6.42 Å². The Morgan fingerprint density at radius 2 is 1.89 bits per heavy atom. The molecule has 3 nitrogen and oxygen atoms in total. The predicted molar refractivity (Wildman–Crippen MR) is 75.2 cm³/mol. The standard InChI is InChI=1S/C8H8O.C6H6N2.ClH/c1-7(9)8-5-3-2-4-6-8;7-8-6-4-2-1-3-5-6;/h2-6H,1H3;1-4H,5H2;1H. The molecular weight excluding hydrogens is 248 g/mol. The molecule has 18 heavy (non-hydrogen) atoms. The summed E-state index contributed by atoms with van der Waals surface area (Å²) >= 11 is 0. The molecular formula is C14H15ClN2O. The van der Waals surface area contributed by atoms with Crippen LogP contribution in [0.2, 0.25) is 0 Å². The maximum Gasteiger partial charge on any atom is 0.295 e. The first kappa shape index (κ1) is 16.0. The SMILES string of the molecule is CC(=O)c1ccccc1.Cl.[N-]=[N+]=C1C=CC=CC1. The molecule has 0 fully saturated rings. The first-order valence-electron chi connectivity index (χ1n) is 5.34. The van der Waals surface area contributed by atoms with E-state index in [0.717, 1.165) is 12.0 Å². The van der Waals surface area contributed by atoms with Crippen LogP contribution in [-0.4, -0.2) is 16.3 Å². The number of nitrogens with zero attached hydrogens (tertiary/aromatic N) is 2. The number of Topliss-reactive ketones (excluding diaryl/α,β-unsaturated/α-hetero) is 1. The molecule has 0 saturated carbocycles. The highest BCUT2D eigenvalue weighted by molar-refractivity contribution is 5.94. The van der Waals surface area contributed by atoms with Gasteiger partial charge in [-0.05, 0) is 6.92 Å². The lowest BCUT2D eigenvalue weighted by Gasteiger charge is -1.89. The highest BCUT2D eigenvalue weighted by Crippen LogP contribution is 1.97. The molecule has 0 saturated heterocycles. The van der Waals surface area contributed by atoms with E-state index in [4.69, 9.17) is 5.53 Å². The lowest BCUT2D eigenvalue weighted by molar-refractivity contribution is -0.00537. The van der Waals surface area contributed by atoms with Crippen LogP contribution in [0.25, 0.3) is 5.53 Å². The van der Waals surface area contributed by atoms with Crippen LogP contribution in [0, 0.1) is 0 Å². The highest BCUT2D eigenvalue weighted by Gasteiger charge is 1.99. The van der Waals surface area contributed by atoms with Crippen LogP contribution in [0.1, 0.15) is 23.7 Å². The van der Waals surface area contributed by atoms with Gasteiger partial charge in [-0.2, -0.15) is 4.79 Å². The average Bonchev–Trinajstić information content (AvgIpc) is 2.41. The lowest BCUT2D eigenvalue weighted by atomic mass is 10.2. The van der Waals surface area contributed by atoms with E-state index >= 15 is 0 Å². The van der Waals surface area contributed by atoms with E-state index in [2.05, 4.69) is 4.79 Å². The number of halogens is 1. The van der Waals surface area contributed by atoms with Crippen LogP contribution in [-0.2, 0) is 0 Å². The van der Waals surface area contributed by atoms with Crippen LogP contribution in [0.3, 0.4) is 0 Å². The summed E-state index contributed by atoms with van der Waals surface area (Å²) in [5.41, 5.74) is 9.68. The number of ketones is 1. The van der Waals surface area contributed by atoms with E-state index in [-0.39, 0.29) is 18.2 Å². The highest BCUT2D eigenvalue weighted by atomic mass is 35.5. The van der Waals surface area contributed by atoms with Gasteiger partial charge < -0.3 is 5.53 Å². The van der Waals surface area contributed by atoms with Crippen molar-refractivity contribution in [2.24, 2.45) is 0 Å². The lowest BCUT2D eigenvalue weighted by Crippen LogP contribution is -1.93. The third-order valence-electron chi connectivity index (χ3n) is 2.17. The molecule has 0 bridgehead atoms. The van der Waals surface area contributed by atoms with E-state index < -0.39 is 0 Å². The van der Waals surface area contributed by atoms with Gasteiger partial charge in [-0.3, -0.25) is 4.79 Å². The van der Waals surface area contributed by atoms with E-state index in [1.807, 2.05) is 48.6 Å². The number of carbonyl (C=O) groups is 1. The number of benzene rings is 1. The Balaban J connectivity index is 0.000000306. The molecule has 1 aliphatic rings. The minimum atomic E-state index is 0. The maximum absolute atomic E-state index is 10.6. The van der Waals surface area contributed by atoms with Crippen molar-refractivity contribution in [2.75, 3.05) is 0 Å². The molecule has 0 heterocycles. The first-order valence-corrected chi connectivity index (χ1v) is 5.34. The van der Waals surface area contributed by atoms with E-state index in [9.17, 15) is 4.79 Å². The van der Waals surface area contributed by atoms with Crippen molar-refractivity contribution in [3.05, 3.63) is 65.7 Å². The zero-order valence-corrected chi connectivity index (χ0v) is 10.9. The summed E-state index contributed by atoms with van der Waals surface area (Å²) < 4.78 is 0. The van der Waals surface area contributed by atoms with E-state index in [1.165, 1.54) is 0 Å². The summed E-state index contributed by atoms with van der Waals surface area (Å²) in [6, 6.07) is 9.23. The average molecular weight is 263 g/mol. The Morgan fingerprint density at radius 3 is 2.22 bits per heavy atom. The summed E-state index contributed by atoms with van der Waals surface area (Å²) in [7, 11) is 0. The zero-order valence-electron chi connectivity index (χ0n) is 10.1. The van der Waals surface area contributed by atoms with E-state index in [1.54, 1.807) is 13.0 Å². The minimum absolute atomic E-state index is 0. The van der Waals surface area contributed by atoms with Crippen LogP contribution in [0.15, 0.2) is 54.6 Å². The van der Waals surface area contributed by atoms with Crippen molar-refractivity contribution >= 4 is 23.9 Å². The molecule has 4 heteroatoms. The fourth-order valence-electron chi connectivity index (χ4n) is 1.25. The van der Waals surface area contributed by atoms with Gasteiger partial charge in [-0.25, -0.2) is 0 Å². The predicted octanol–water partition coefficient (Wildman–Crippen LogP) is 3.48. The second kappa shape index (κ2) is 9.11. The fourth-order valence-corrected chi connectivity index (χ4v) is 1.25. The maximum atomic E-state index is 10.6. The third kappa shape index (κ3) is 5.94. The number of rotatable bonds is 1. The topological polar surface area (TPSA) is 53.5 Å². The van der Waals surface area contributed by atoms with Crippen molar-refractivity contribution in [3.8, 4) is 0 Å². The van der Waals surface area contributed by atoms with Crippen molar-refractivity contribution in [3.63, 3.8) is 0 Å². The molecule has 1 aromatic carbocycles. The Morgan fingerprint density at radius 1 is 1.22 bits per heavy atom. The molecule has 0 atom stereocenters. The Hall–Kier alpha value is -1.96. The quantitative estimate of drug-likeness (QED) is 0.434. The van der Waals surface area contributed by atoms with Gasteiger partial charge >= 0.3 is 0 Å². The smallest absolute Gasteiger partial charge is 0.295 e. The Labute approximate surface area is 113 Å². The summed E-state index contributed by atoms with van der Waals surface area (Å²) in [6.07, 6.45) is 8.23. The number of allylic oxidation sites excluding steroid dienone is 4. The number of hydrogen-bond acceptors (Lipinski definition) is 1. The van der Waals surface area contributed by atoms with Crippen molar-refractivity contribution in [1.82, 2.24) is 0 Å². The van der Waals surface area contributed by atoms with Gasteiger partial charge in [0.2, 0.25) is 0 Å². The van der Waals surface area contributed by atoms with Crippen molar-refractivity contribution in [2.45, 2.75) is 13.3 Å². The van der Waals surface area contributed by atoms with Gasteiger partial charge in [-0.15, -0.1) is 12.4 Å². The van der Waals surface area contributed by atoms with Crippen LogP contribution < -0.4 is 0 Å². The third-order valence-corrected chi connectivity index (χ3v) is 2.17. The second-order valence-electron chi connectivity index (χ2n) is 3.50. The van der Waals surface area contributed by atoms with Crippen LogP contribution in [0.4, 0.5) is 0 Å². The van der Waals surface area contributed by atoms with Crippen molar-refractivity contribution in [1.29, 1.82) is 0 Å². The summed E-state index contributed by atoms with van der Waals surface area (Å²) in [5.74, 6) is 0.121. The molecule has 0 aliphatic heterocycles. The molecule has 0 aromatic heterocycles. The molecule has 0 unspecified atom stereocenters. The molecule has 0 spiro atoms. The number of carbonyl (C=O) groups excluding carboxylic acids is 1. The molecule has 0 N–H and O–H groups in total. The van der Waals surface area contributed by atoms with Gasteiger partial charge in [0.25, 0.3) is 5.71 Å². The molecule has 0 radical (unpaired) electrons. The number of hydrogen-bond donors (Lipinski definition) is 0. The Kier molecular flexibility index (Phi) is 8.12. The summed E-state index contributed by atoms with van der Waals surface area (Å²) in [6.45, 7) is 1.56. The van der Waals surface area contributed by atoms with Crippen LogP contribution in [0.5, 0.6) is 0 Å². The second-order valence-corrected chi connectivity index (χ2v) is 3.50. The summed E-state index contributed by atoms with van der Waals surface area (Å²) in [5, 5.41) is 0. The van der Waals surface area contributed by atoms with Crippen molar-refractivity contribution < 1.29 is 9.58 Å². The molecule has 94 valence electrons. The van der Waals surface area contributed by atoms with Gasteiger partial charge in [0, 0.05) is 11.6 Å².